The van der Waals surface area contributed by atoms with Gasteiger partial charge in [-0.2, -0.15) is 0 Å². The van der Waals surface area contributed by atoms with Crippen LogP contribution in [0.15, 0.2) is 4.90 Å². The van der Waals surface area contributed by atoms with Gasteiger partial charge in [0.1, 0.15) is 10.6 Å². The smallest absolute Gasteiger partial charge is 0.352 e. The van der Waals surface area contributed by atoms with Crippen molar-refractivity contribution in [2.24, 2.45) is 0 Å². The predicted octanol–water partition coefficient (Wildman–Crippen LogP) is 1.02. The minimum Gasteiger partial charge on any atom is -0.477 e. The molecule has 3 N–H and O–H groups in total. The number of carboxylic acids is 1. The van der Waals surface area contributed by atoms with E-state index < -0.39 is 22.0 Å². The summed E-state index contributed by atoms with van der Waals surface area (Å²) in [7, 11) is -3.80. The van der Waals surface area contributed by atoms with E-state index in [0.29, 0.717) is 0 Å². The summed E-state index contributed by atoms with van der Waals surface area (Å²) < 4.78 is 26.8. The summed E-state index contributed by atoms with van der Waals surface area (Å²) in [6.45, 7) is 4.61. The van der Waals surface area contributed by atoms with Crippen molar-refractivity contribution in [2.45, 2.75) is 38.1 Å². The molecular weight excluding hydrogens is 268 g/mol. The van der Waals surface area contributed by atoms with Gasteiger partial charge in [-0.15, -0.1) is 12.3 Å². The van der Waals surface area contributed by atoms with Gasteiger partial charge >= 0.3 is 5.97 Å². The number of hydrogen-bond donors (Lipinski definition) is 3. The van der Waals surface area contributed by atoms with Gasteiger partial charge in [-0.3, -0.25) is 0 Å². The van der Waals surface area contributed by atoms with Crippen molar-refractivity contribution in [3.63, 3.8) is 0 Å². The van der Waals surface area contributed by atoms with Crippen molar-refractivity contribution in [1.29, 1.82) is 0 Å². The molecule has 0 saturated carbocycles. The molecule has 0 radical (unpaired) electrons. The second-order valence-corrected chi connectivity index (χ2v) is 5.97. The number of rotatable bonds is 5. The van der Waals surface area contributed by atoms with E-state index in [1.54, 1.807) is 6.92 Å². The van der Waals surface area contributed by atoms with Crippen LogP contribution in [0, 0.1) is 26.2 Å². The fourth-order valence-electron chi connectivity index (χ4n) is 1.89. The number of nitrogens with one attached hydrogen (secondary N) is 2. The maximum atomic E-state index is 12.2. The molecular formula is C12H16N2O4S. The van der Waals surface area contributed by atoms with E-state index >= 15 is 0 Å². The lowest BCUT2D eigenvalue weighted by Gasteiger charge is -2.12. The van der Waals surface area contributed by atoms with E-state index in [1.165, 1.54) is 13.8 Å². The second-order valence-electron chi connectivity index (χ2n) is 4.31. The fraction of sp³-hybridized carbons (Fsp3) is 0.417. The van der Waals surface area contributed by atoms with Gasteiger partial charge in [0.05, 0.1) is 0 Å². The molecule has 0 spiro atoms. The summed E-state index contributed by atoms with van der Waals surface area (Å²) in [5.74, 6) is 1.17. The molecule has 0 aliphatic carbocycles. The number of sulfonamides is 1. The number of aromatic nitrogens is 1. The minimum absolute atomic E-state index is 0.0335. The minimum atomic E-state index is -3.80. The highest BCUT2D eigenvalue weighted by molar-refractivity contribution is 7.89. The summed E-state index contributed by atoms with van der Waals surface area (Å²) in [6.07, 6.45) is 5.38. The average molecular weight is 284 g/mol. The van der Waals surface area contributed by atoms with Gasteiger partial charge in [0, 0.05) is 23.7 Å². The highest BCUT2D eigenvalue weighted by atomic mass is 32.2. The van der Waals surface area contributed by atoms with Crippen molar-refractivity contribution in [1.82, 2.24) is 9.71 Å². The SMILES string of the molecule is C#CCC(C)NS(=O)(=O)c1c(C)[nH]c(C(=O)O)c1C. The van der Waals surface area contributed by atoms with Crippen LogP contribution in [0.2, 0.25) is 0 Å². The molecule has 0 fully saturated rings. The van der Waals surface area contributed by atoms with Crippen LogP contribution in [-0.2, 0) is 10.0 Å². The molecule has 0 aromatic carbocycles. The van der Waals surface area contributed by atoms with Crippen molar-refractivity contribution in [3.05, 3.63) is 17.0 Å². The van der Waals surface area contributed by atoms with Crippen LogP contribution in [-0.4, -0.2) is 30.5 Å². The summed E-state index contributed by atoms with van der Waals surface area (Å²) in [5, 5.41) is 8.96. The summed E-state index contributed by atoms with van der Waals surface area (Å²) >= 11 is 0. The molecule has 0 bridgehead atoms. The Kier molecular flexibility index (Phi) is 4.39. The quantitative estimate of drug-likeness (QED) is 0.703. The molecule has 1 aromatic rings. The molecule has 1 unspecified atom stereocenters. The Morgan fingerprint density at radius 1 is 1.53 bits per heavy atom. The highest BCUT2D eigenvalue weighted by Crippen LogP contribution is 2.23. The third kappa shape index (κ3) is 3.16. The number of aromatic amines is 1. The first-order valence-electron chi connectivity index (χ1n) is 5.59. The lowest BCUT2D eigenvalue weighted by atomic mass is 10.2. The molecule has 1 atom stereocenters. The van der Waals surface area contributed by atoms with Gasteiger partial charge in [-0.1, -0.05) is 0 Å². The van der Waals surface area contributed by atoms with E-state index in [-0.39, 0.29) is 28.3 Å². The maximum Gasteiger partial charge on any atom is 0.352 e. The van der Waals surface area contributed by atoms with E-state index in [0.717, 1.165) is 0 Å². The number of carboxylic acid groups (broad SMARTS) is 1. The lowest BCUT2D eigenvalue weighted by Crippen LogP contribution is -2.32. The topological polar surface area (TPSA) is 99.3 Å². The zero-order valence-electron chi connectivity index (χ0n) is 10.9. The largest absolute Gasteiger partial charge is 0.477 e. The molecule has 0 saturated heterocycles. The van der Waals surface area contributed by atoms with E-state index in [1.807, 2.05) is 0 Å². The molecule has 19 heavy (non-hydrogen) atoms. The number of H-pyrrole nitrogens is 1. The van der Waals surface area contributed by atoms with Crippen LogP contribution in [0.1, 0.15) is 35.1 Å². The Morgan fingerprint density at radius 2 is 2.11 bits per heavy atom. The zero-order chi connectivity index (χ0) is 14.8. The summed E-state index contributed by atoms with van der Waals surface area (Å²) in [6, 6.07) is -0.419. The molecule has 1 heterocycles. The van der Waals surface area contributed by atoms with Gasteiger partial charge in [0.2, 0.25) is 10.0 Å². The first-order chi connectivity index (χ1) is 8.70. The summed E-state index contributed by atoms with van der Waals surface area (Å²) in [4.78, 5) is 13.5. The van der Waals surface area contributed by atoms with E-state index in [9.17, 15) is 13.2 Å². The highest BCUT2D eigenvalue weighted by Gasteiger charge is 2.27. The Morgan fingerprint density at radius 3 is 2.53 bits per heavy atom. The Hall–Kier alpha value is -1.78. The molecule has 104 valence electrons. The van der Waals surface area contributed by atoms with E-state index in [4.69, 9.17) is 11.5 Å². The lowest BCUT2D eigenvalue weighted by molar-refractivity contribution is 0.0690. The molecule has 6 nitrogen and oxygen atoms in total. The molecule has 1 rings (SSSR count). The third-order valence-electron chi connectivity index (χ3n) is 2.63. The maximum absolute atomic E-state index is 12.2. The number of carbonyl (C=O) groups is 1. The van der Waals surface area contributed by atoms with Crippen molar-refractivity contribution >= 4 is 16.0 Å². The van der Waals surface area contributed by atoms with Gasteiger partial charge < -0.3 is 10.1 Å². The molecule has 0 aliphatic heterocycles. The van der Waals surface area contributed by atoms with Crippen LogP contribution < -0.4 is 4.72 Å². The van der Waals surface area contributed by atoms with Crippen LogP contribution in [0.3, 0.4) is 0 Å². The van der Waals surface area contributed by atoms with Crippen molar-refractivity contribution in [2.75, 3.05) is 0 Å². The number of terminal acetylenes is 1. The van der Waals surface area contributed by atoms with Crippen LogP contribution in [0.25, 0.3) is 0 Å². The van der Waals surface area contributed by atoms with Crippen molar-refractivity contribution in [3.8, 4) is 12.3 Å². The number of aromatic carboxylic acids is 1. The van der Waals surface area contributed by atoms with Crippen LogP contribution >= 0.6 is 0 Å². The third-order valence-corrected chi connectivity index (χ3v) is 4.49. The van der Waals surface area contributed by atoms with Crippen LogP contribution in [0.4, 0.5) is 0 Å². The Bertz CT molecular complexity index is 637. The second kappa shape index (κ2) is 5.47. The van der Waals surface area contributed by atoms with Crippen molar-refractivity contribution < 1.29 is 18.3 Å². The van der Waals surface area contributed by atoms with Gasteiger partial charge in [-0.25, -0.2) is 17.9 Å². The first-order valence-corrected chi connectivity index (χ1v) is 7.07. The van der Waals surface area contributed by atoms with Crippen LogP contribution in [0.5, 0.6) is 0 Å². The van der Waals surface area contributed by atoms with E-state index in [2.05, 4.69) is 15.6 Å². The predicted molar refractivity (Wildman–Crippen MR) is 70.5 cm³/mol. The number of aryl methyl sites for hydroxylation is 1. The first kappa shape index (κ1) is 15.3. The van der Waals surface area contributed by atoms with Gasteiger partial charge in [-0.05, 0) is 20.8 Å². The van der Waals surface area contributed by atoms with Gasteiger partial charge in [0.25, 0.3) is 0 Å². The molecule has 1 aromatic heterocycles. The Labute approximate surface area is 112 Å². The number of hydrogen-bond acceptors (Lipinski definition) is 3. The molecule has 0 amide bonds. The molecule has 0 aliphatic rings. The molecule has 7 heteroatoms. The fourth-order valence-corrected chi connectivity index (χ4v) is 3.58. The van der Waals surface area contributed by atoms with Gasteiger partial charge in [0.15, 0.2) is 0 Å². The normalized spacial score (nSPS) is 12.9. The zero-order valence-corrected chi connectivity index (χ0v) is 11.8. The summed E-state index contributed by atoms with van der Waals surface area (Å²) in [5.41, 5.74) is 0.350. The average Bonchev–Trinajstić information content (AvgIpc) is 2.54. The Balaban J connectivity index is 3.23. The standard InChI is InChI=1S/C12H16N2O4S/c1-5-6-7(2)14-19(17,18)11-8(3)10(12(15)16)13-9(11)4/h1,7,13-14H,6H2,2-4H3,(H,15,16). The monoisotopic (exact) mass is 284 g/mol.